The van der Waals surface area contributed by atoms with E-state index in [0.717, 1.165) is 0 Å². The van der Waals surface area contributed by atoms with Crippen LogP contribution in [0.5, 0.6) is 11.5 Å². The summed E-state index contributed by atoms with van der Waals surface area (Å²) in [6.07, 6.45) is 0.385. The Hall–Kier alpha value is -4.02. The van der Waals surface area contributed by atoms with E-state index in [1.165, 1.54) is 28.9 Å². The molecule has 11 heteroatoms. The predicted molar refractivity (Wildman–Crippen MR) is 135 cm³/mol. The second kappa shape index (κ2) is 11.8. The van der Waals surface area contributed by atoms with E-state index in [2.05, 4.69) is 20.7 Å². The molecule has 1 heterocycles. The first-order chi connectivity index (χ1) is 17.5. The van der Waals surface area contributed by atoms with Crippen molar-refractivity contribution >= 4 is 11.8 Å². The molecular formula is C26H33FN6O4. The zero-order valence-corrected chi connectivity index (χ0v) is 22.0. The van der Waals surface area contributed by atoms with Gasteiger partial charge < -0.3 is 19.7 Å². The van der Waals surface area contributed by atoms with E-state index in [0.29, 0.717) is 34.9 Å². The molecule has 3 aromatic rings. The minimum atomic E-state index is -0.745. The molecule has 2 amide bonds. The van der Waals surface area contributed by atoms with Crippen molar-refractivity contribution in [1.82, 2.24) is 30.4 Å². The maximum absolute atomic E-state index is 13.5. The van der Waals surface area contributed by atoms with Crippen LogP contribution in [0.1, 0.15) is 39.7 Å². The number of halogens is 1. The van der Waals surface area contributed by atoms with Crippen molar-refractivity contribution in [3.8, 4) is 22.9 Å². The molecule has 0 aliphatic carbocycles. The molecule has 0 saturated carbocycles. The molecule has 2 aromatic carbocycles. The molecule has 0 aliphatic heterocycles. The fourth-order valence-corrected chi connectivity index (χ4v) is 3.77. The summed E-state index contributed by atoms with van der Waals surface area (Å²) in [4.78, 5) is 29.2. The summed E-state index contributed by atoms with van der Waals surface area (Å²) in [5.74, 6) is 0.336. The lowest BCUT2D eigenvalue weighted by atomic mass is 10.1. The zero-order chi connectivity index (χ0) is 27.2. The molecule has 1 aromatic heterocycles. The standard InChI is InChI=1S/C26H33FN6O4/c1-7-20(25(35)28-26(2,3)4)32(15-17-8-11-19(27)12-9-17)23(34)16-33-30-24(29-31-33)18-10-13-21(36-5)22(14-18)37-6/h8-14,20H,7,15-16H2,1-6H3,(H,28,35)/t20-/m0/s1. The number of nitrogens with one attached hydrogen (secondary N) is 1. The van der Waals surface area contributed by atoms with Crippen molar-refractivity contribution in [3.63, 3.8) is 0 Å². The summed E-state index contributed by atoms with van der Waals surface area (Å²) >= 11 is 0. The van der Waals surface area contributed by atoms with Crippen LogP contribution >= 0.6 is 0 Å². The van der Waals surface area contributed by atoms with Crippen LogP contribution in [0.3, 0.4) is 0 Å². The third kappa shape index (κ3) is 7.25. The Bertz CT molecular complexity index is 1220. The number of benzene rings is 2. The Labute approximate surface area is 215 Å². The Balaban J connectivity index is 1.85. The van der Waals surface area contributed by atoms with Crippen molar-refractivity contribution in [2.24, 2.45) is 0 Å². The highest BCUT2D eigenvalue weighted by Crippen LogP contribution is 2.30. The van der Waals surface area contributed by atoms with Gasteiger partial charge in [-0.2, -0.15) is 4.80 Å². The van der Waals surface area contributed by atoms with E-state index in [9.17, 15) is 14.0 Å². The van der Waals surface area contributed by atoms with Gasteiger partial charge >= 0.3 is 0 Å². The molecule has 1 atom stereocenters. The number of tetrazole rings is 1. The summed E-state index contributed by atoms with van der Waals surface area (Å²) in [7, 11) is 3.07. The molecule has 0 radical (unpaired) electrons. The first-order valence-corrected chi connectivity index (χ1v) is 11.9. The average Bonchev–Trinajstić information content (AvgIpc) is 3.31. The van der Waals surface area contributed by atoms with Gasteiger partial charge in [-0.1, -0.05) is 19.1 Å². The van der Waals surface area contributed by atoms with Gasteiger partial charge in [0.05, 0.1) is 14.2 Å². The van der Waals surface area contributed by atoms with Gasteiger partial charge in [-0.15, -0.1) is 10.2 Å². The van der Waals surface area contributed by atoms with Crippen LogP contribution in [0.25, 0.3) is 11.4 Å². The van der Waals surface area contributed by atoms with Crippen molar-refractivity contribution in [2.75, 3.05) is 14.2 Å². The number of carbonyl (C=O) groups is 2. The van der Waals surface area contributed by atoms with Crippen LogP contribution in [0, 0.1) is 5.82 Å². The Morgan fingerprint density at radius 1 is 1.08 bits per heavy atom. The lowest BCUT2D eigenvalue weighted by Crippen LogP contribution is -2.54. The Morgan fingerprint density at radius 2 is 1.76 bits per heavy atom. The first kappa shape index (κ1) is 27.6. The van der Waals surface area contributed by atoms with Crippen LogP contribution in [-0.2, 0) is 22.7 Å². The fraction of sp³-hybridized carbons (Fsp3) is 0.423. The summed E-state index contributed by atoms with van der Waals surface area (Å²) in [5, 5.41) is 15.4. The monoisotopic (exact) mass is 512 g/mol. The maximum Gasteiger partial charge on any atom is 0.247 e. The van der Waals surface area contributed by atoms with Gasteiger partial charge in [0.2, 0.25) is 17.6 Å². The van der Waals surface area contributed by atoms with Crippen molar-refractivity contribution in [1.29, 1.82) is 0 Å². The number of carbonyl (C=O) groups excluding carboxylic acids is 2. The van der Waals surface area contributed by atoms with Crippen LogP contribution < -0.4 is 14.8 Å². The number of hydrogen-bond acceptors (Lipinski definition) is 7. The summed E-state index contributed by atoms with van der Waals surface area (Å²) < 4.78 is 24.0. The molecule has 0 bridgehead atoms. The minimum Gasteiger partial charge on any atom is -0.493 e. The molecular weight excluding hydrogens is 479 g/mol. The number of hydrogen-bond donors (Lipinski definition) is 1. The second-order valence-electron chi connectivity index (χ2n) is 9.52. The summed E-state index contributed by atoms with van der Waals surface area (Å²) in [6.45, 7) is 7.34. The molecule has 1 N–H and O–H groups in total. The molecule has 0 fully saturated rings. The number of ether oxygens (including phenoxy) is 2. The molecule has 0 aliphatic rings. The average molecular weight is 513 g/mol. The molecule has 0 spiro atoms. The molecule has 198 valence electrons. The van der Waals surface area contributed by atoms with Crippen LogP contribution in [0.4, 0.5) is 4.39 Å². The largest absolute Gasteiger partial charge is 0.493 e. The van der Waals surface area contributed by atoms with Crippen molar-refractivity contribution in [3.05, 3.63) is 53.8 Å². The third-order valence-electron chi connectivity index (χ3n) is 5.52. The molecule has 0 unspecified atom stereocenters. The SMILES string of the molecule is CC[C@@H](C(=O)NC(C)(C)C)N(Cc1ccc(F)cc1)C(=O)Cn1nnc(-c2ccc(OC)c(OC)c2)n1. The highest BCUT2D eigenvalue weighted by molar-refractivity contribution is 5.88. The van der Waals surface area contributed by atoms with E-state index in [1.54, 1.807) is 37.4 Å². The van der Waals surface area contributed by atoms with Gasteiger partial charge in [0, 0.05) is 17.6 Å². The second-order valence-corrected chi connectivity index (χ2v) is 9.52. The van der Waals surface area contributed by atoms with Crippen molar-refractivity contribution in [2.45, 2.75) is 58.8 Å². The lowest BCUT2D eigenvalue weighted by molar-refractivity contribution is -0.142. The molecule has 3 rings (SSSR count). The quantitative estimate of drug-likeness (QED) is 0.444. The van der Waals surface area contributed by atoms with Crippen LogP contribution in [0.2, 0.25) is 0 Å². The number of methoxy groups -OCH3 is 2. The van der Waals surface area contributed by atoms with E-state index in [4.69, 9.17) is 9.47 Å². The van der Waals surface area contributed by atoms with E-state index in [1.807, 2.05) is 27.7 Å². The van der Waals surface area contributed by atoms with E-state index in [-0.39, 0.29) is 30.7 Å². The topological polar surface area (TPSA) is 111 Å². The van der Waals surface area contributed by atoms with Gasteiger partial charge in [-0.05, 0) is 68.3 Å². The van der Waals surface area contributed by atoms with Gasteiger partial charge in [-0.3, -0.25) is 9.59 Å². The number of amides is 2. The first-order valence-electron chi connectivity index (χ1n) is 11.9. The third-order valence-corrected chi connectivity index (χ3v) is 5.52. The fourth-order valence-electron chi connectivity index (χ4n) is 3.77. The summed E-state index contributed by atoms with van der Waals surface area (Å²) in [6, 6.07) is 10.3. The number of nitrogens with zero attached hydrogens (tertiary/aromatic N) is 5. The lowest BCUT2D eigenvalue weighted by Gasteiger charge is -2.33. The molecule has 0 saturated heterocycles. The number of aromatic nitrogens is 4. The highest BCUT2D eigenvalue weighted by Gasteiger charge is 2.31. The molecule has 37 heavy (non-hydrogen) atoms. The zero-order valence-electron chi connectivity index (χ0n) is 22.0. The normalized spacial score (nSPS) is 12.1. The maximum atomic E-state index is 13.5. The summed E-state index contributed by atoms with van der Waals surface area (Å²) in [5.41, 5.74) is 0.849. The highest BCUT2D eigenvalue weighted by atomic mass is 19.1. The smallest absolute Gasteiger partial charge is 0.247 e. The van der Waals surface area contributed by atoms with Gasteiger partial charge in [0.1, 0.15) is 18.4 Å². The van der Waals surface area contributed by atoms with E-state index >= 15 is 0 Å². The van der Waals surface area contributed by atoms with E-state index < -0.39 is 11.6 Å². The Kier molecular flexibility index (Phi) is 8.80. The van der Waals surface area contributed by atoms with Gasteiger partial charge in [0.25, 0.3) is 0 Å². The predicted octanol–water partition coefficient (Wildman–Crippen LogP) is 3.22. The van der Waals surface area contributed by atoms with Gasteiger partial charge in [0.15, 0.2) is 11.5 Å². The van der Waals surface area contributed by atoms with Crippen LogP contribution in [0.15, 0.2) is 42.5 Å². The molecule has 10 nitrogen and oxygen atoms in total. The van der Waals surface area contributed by atoms with Crippen LogP contribution in [-0.4, -0.2) is 62.7 Å². The minimum absolute atomic E-state index is 0.117. The number of rotatable bonds is 10. The van der Waals surface area contributed by atoms with Gasteiger partial charge in [-0.25, -0.2) is 4.39 Å². The Morgan fingerprint density at radius 3 is 2.35 bits per heavy atom. The van der Waals surface area contributed by atoms with Crippen molar-refractivity contribution < 1.29 is 23.5 Å².